The van der Waals surface area contributed by atoms with Crippen molar-refractivity contribution in [3.05, 3.63) is 29.6 Å². The molecule has 0 amide bonds. The van der Waals surface area contributed by atoms with Gasteiger partial charge >= 0.3 is 0 Å². The van der Waals surface area contributed by atoms with Crippen molar-refractivity contribution in [3.8, 4) is 5.75 Å². The van der Waals surface area contributed by atoms with Gasteiger partial charge in [0.2, 0.25) is 0 Å². The molecule has 78 valence electrons. The molecule has 1 unspecified atom stereocenters. The molecule has 14 heavy (non-hydrogen) atoms. The number of hydrogen-bond donors (Lipinski definition) is 0. The Balaban J connectivity index is 2.78. The van der Waals surface area contributed by atoms with E-state index in [-0.39, 0.29) is 5.82 Å². The number of halogens is 2. The minimum absolute atomic E-state index is 0.221. The fourth-order valence-electron chi connectivity index (χ4n) is 1.25. The van der Waals surface area contributed by atoms with Gasteiger partial charge in [0.1, 0.15) is 11.6 Å². The summed E-state index contributed by atoms with van der Waals surface area (Å²) in [6, 6.07) is 4.91. The van der Waals surface area contributed by atoms with Crippen LogP contribution in [0.2, 0.25) is 0 Å². The molecule has 0 N–H and O–H groups in total. The summed E-state index contributed by atoms with van der Waals surface area (Å²) in [4.78, 5) is 0. The second-order valence-corrected chi connectivity index (χ2v) is 3.73. The maximum Gasteiger partial charge on any atom is 0.130 e. The van der Waals surface area contributed by atoms with E-state index in [9.17, 15) is 4.39 Å². The van der Waals surface area contributed by atoms with E-state index < -0.39 is 0 Å². The Bertz CT molecular complexity index is 301. The van der Waals surface area contributed by atoms with Crippen molar-refractivity contribution in [1.82, 2.24) is 0 Å². The van der Waals surface area contributed by atoms with Crippen molar-refractivity contribution in [2.24, 2.45) is 5.92 Å². The van der Waals surface area contributed by atoms with Crippen LogP contribution in [0.5, 0.6) is 5.75 Å². The first-order valence-electron chi connectivity index (χ1n) is 4.55. The van der Waals surface area contributed by atoms with Gasteiger partial charge in [-0.3, -0.25) is 0 Å². The summed E-state index contributed by atoms with van der Waals surface area (Å²) >= 11 is 5.67. The molecule has 0 bridgehead atoms. The third-order valence-corrected chi connectivity index (χ3v) is 2.62. The monoisotopic (exact) mass is 216 g/mol. The van der Waals surface area contributed by atoms with E-state index in [2.05, 4.69) is 0 Å². The maximum atomic E-state index is 13.4. The summed E-state index contributed by atoms with van der Waals surface area (Å²) < 4.78 is 18.3. The van der Waals surface area contributed by atoms with Crippen LogP contribution in [0.1, 0.15) is 12.5 Å². The average Bonchev–Trinajstić information content (AvgIpc) is 2.20. The number of rotatable bonds is 4. The number of methoxy groups -OCH3 is 1. The van der Waals surface area contributed by atoms with Crippen LogP contribution in [-0.2, 0) is 6.42 Å². The standard InChI is InChI=1S/C11H14ClFO/c1-8(7-12)5-9-3-4-10(14-2)6-11(9)13/h3-4,6,8H,5,7H2,1-2H3. The zero-order valence-electron chi connectivity index (χ0n) is 8.39. The molecule has 1 atom stereocenters. The van der Waals surface area contributed by atoms with Crippen LogP contribution < -0.4 is 4.74 Å². The molecular weight excluding hydrogens is 203 g/mol. The van der Waals surface area contributed by atoms with Crippen LogP contribution in [0, 0.1) is 11.7 Å². The summed E-state index contributed by atoms with van der Waals surface area (Å²) in [6.45, 7) is 2.00. The lowest BCUT2D eigenvalue weighted by Gasteiger charge is -2.09. The molecule has 0 heterocycles. The fraction of sp³-hybridized carbons (Fsp3) is 0.455. The molecule has 0 fully saturated rings. The predicted molar refractivity (Wildman–Crippen MR) is 56.5 cm³/mol. The highest BCUT2D eigenvalue weighted by Gasteiger charge is 2.07. The third-order valence-electron chi connectivity index (χ3n) is 2.09. The molecule has 1 aromatic carbocycles. The van der Waals surface area contributed by atoms with Crippen LogP contribution in [0.4, 0.5) is 4.39 Å². The summed E-state index contributed by atoms with van der Waals surface area (Å²) in [5.74, 6) is 1.16. The Labute approximate surface area is 88.8 Å². The molecule has 0 aliphatic carbocycles. The largest absolute Gasteiger partial charge is 0.497 e. The zero-order chi connectivity index (χ0) is 10.6. The van der Waals surface area contributed by atoms with Crippen LogP contribution >= 0.6 is 11.6 Å². The number of alkyl halides is 1. The minimum Gasteiger partial charge on any atom is -0.497 e. The number of benzene rings is 1. The quantitative estimate of drug-likeness (QED) is 0.702. The van der Waals surface area contributed by atoms with Crippen LogP contribution in [0.25, 0.3) is 0 Å². The lowest BCUT2D eigenvalue weighted by atomic mass is 10.0. The van der Waals surface area contributed by atoms with Crippen molar-refractivity contribution in [1.29, 1.82) is 0 Å². The molecular formula is C11H14ClFO. The molecule has 0 radical (unpaired) electrons. The van der Waals surface area contributed by atoms with Crippen molar-refractivity contribution in [3.63, 3.8) is 0 Å². The lowest BCUT2D eigenvalue weighted by Crippen LogP contribution is -2.03. The molecule has 0 aliphatic heterocycles. The van der Waals surface area contributed by atoms with E-state index in [1.54, 1.807) is 12.1 Å². The Hall–Kier alpha value is -0.760. The van der Waals surface area contributed by atoms with E-state index in [1.807, 2.05) is 6.92 Å². The zero-order valence-corrected chi connectivity index (χ0v) is 9.14. The molecule has 0 spiro atoms. The molecule has 0 aromatic heterocycles. The van der Waals surface area contributed by atoms with Gasteiger partial charge in [-0.15, -0.1) is 11.6 Å². The fourth-order valence-corrected chi connectivity index (χ4v) is 1.36. The molecule has 1 nitrogen and oxygen atoms in total. The first-order valence-corrected chi connectivity index (χ1v) is 5.09. The summed E-state index contributed by atoms with van der Waals surface area (Å²) in [5, 5.41) is 0. The van der Waals surface area contributed by atoms with Crippen molar-refractivity contribution in [2.75, 3.05) is 13.0 Å². The molecule has 1 rings (SSSR count). The van der Waals surface area contributed by atoms with Crippen LogP contribution in [-0.4, -0.2) is 13.0 Å². The number of hydrogen-bond acceptors (Lipinski definition) is 1. The van der Waals surface area contributed by atoms with E-state index >= 15 is 0 Å². The lowest BCUT2D eigenvalue weighted by molar-refractivity contribution is 0.410. The average molecular weight is 217 g/mol. The first kappa shape index (κ1) is 11.3. The highest BCUT2D eigenvalue weighted by molar-refractivity contribution is 6.18. The van der Waals surface area contributed by atoms with E-state index in [1.165, 1.54) is 13.2 Å². The van der Waals surface area contributed by atoms with Crippen LogP contribution in [0.15, 0.2) is 18.2 Å². The molecule has 0 aliphatic rings. The summed E-state index contributed by atoms with van der Waals surface area (Å²) in [7, 11) is 1.52. The smallest absolute Gasteiger partial charge is 0.130 e. The first-order chi connectivity index (χ1) is 6.67. The van der Waals surface area contributed by atoms with E-state index in [4.69, 9.17) is 16.3 Å². The molecule has 3 heteroatoms. The molecule has 0 saturated heterocycles. The van der Waals surface area contributed by atoms with E-state index in [0.717, 1.165) is 0 Å². The second-order valence-electron chi connectivity index (χ2n) is 3.42. The van der Waals surface area contributed by atoms with Gasteiger partial charge in [0.15, 0.2) is 0 Å². The van der Waals surface area contributed by atoms with Gasteiger partial charge in [0, 0.05) is 11.9 Å². The molecule has 0 saturated carbocycles. The Kier molecular flexibility index (Phi) is 4.21. The van der Waals surface area contributed by atoms with E-state index in [0.29, 0.717) is 29.5 Å². The SMILES string of the molecule is COc1ccc(CC(C)CCl)c(F)c1. The van der Waals surface area contributed by atoms with Crippen molar-refractivity contribution < 1.29 is 9.13 Å². The Morgan fingerprint density at radius 3 is 2.71 bits per heavy atom. The Morgan fingerprint density at radius 1 is 1.50 bits per heavy atom. The van der Waals surface area contributed by atoms with Crippen molar-refractivity contribution >= 4 is 11.6 Å². The van der Waals surface area contributed by atoms with Crippen molar-refractivity contribution in [2.45, 2.75) is 13.3 Å². The van der Waals surface area contributed by atoms with Crippen LogP contribution in [0.3, 0.4) is 0 Å². The van der Waals surface area contributed by atoms with Gasteiger partial charge in [-0.1, -0.05) is 13.0 Å². The maximum absolute atomic E-state index is 13.4. The third kappa shape index (κ3) is 2.88. The topological polar surface area (TPSA) is 9.23 Å². The van der Waals surface area contributed by atoms with Gasteiger partial charge in [-0.2, -0.15) is 0 Å². The summed E-state index contributed by atoms with van der Waals surface area (Å²) in [6.07, 6.45) is 0.666. The highest BCUT2D eigenvalue weighted by Crippen LogP contribution is 2.19. The normalized spacial score (nSPS) is 12.6. The van der Waals surface area contributed by atoms with Gasteiger partial charge in [0.05, 0.1) is 7.11 Å². The van der Waals surface area contributed by atoms with Gasteiger partial charge in [-0.05, 0) is 24.0 Å². The van der Waals surface area contributed by atoms with Gasteiger partial charge < -0.3 is 4.74 Å². The number of ether oxygens (including phenoxy) is 1. The Morgan fingerprint density at radius 2 is 2.21 bits per heavy atom. The minimum atomic E-state index is -0.221. The predicted octanol–water partition coefficient (Wildman–Crippen LogP) is 3.25. The second kappa shape index (κ2) is 5.20. The van der Waals surface area contributed by atoms with Gasteiger partial charge in [0.25, 0.3) is 0 Å². The summed E-state index contributed by atoms with van der Waals surface area (Å²) in [5.41, 5.74) is 0.693. The highest BCUT2D eigenvalue weighted by atomic mass is 35.5. The molecule has 1 aromatic rings. The van der Waals surface area contributed by atoms with Gasteiger partial charge in [-0.25, -0.2) is 4.39 Å².